The number of hydrogen-bond acceptors (Lipinski definition) is 3. The minimum Gasteiger partial charge on any atom is -0.484 e. The summed E-state index contributed by atoms with van der Waals surface area (Å²) >= 11 is 0. The first-order valence-corrected chi connectivity index (χ1v) is 5.62. The van der Waals surface area contributed by atoms with Crippen molar-refractivity contribution in [1.82, 2.24) is 4.98 Å². The average Bonchev–Trinajstić information content (AvgIpc) is 2.46. The molecule has 18 heavy (non-hydrogen) atoms. The molecule has 2 aromatic rings. The summed E-state index contributed by atoms with van der Waals surface area (Å²) in [6.07, 6.45) is 3.31. The highest BCUT2D eigenvalue weighted by Gasteiger charge is 2.11. The van der Waals surface area contributed by atoms with E-state index in [2.05, 4.69) is 4.98 Å². The van der Waals surface area contributed by atoms with Crippen molar-refractivity contribution in [2.75, 3.05) is 18.6 Å². The first-order valence-electron chi connectivity index (χ1n) is 5.62. The smallest absolute Gasteiger partial charge is 0.264 e. The lowest BCUT2D eigenvalue weighted by molar-refractivity contribution is -0.120. The molecule has 0 aliphatic heterocycles. The zero-order chi connectivity index (χ0) is 12.8. The number of carbonyl (C=O) groups is 1. The van der Waals surface area contributed by atoms with Crippen molar-refractivity contribution in [2.24, 2.45) is 0 Å². The van der Waals surface area contributed by atoms with Crippen LogP contribution in [0.2, 0.25) is 0 Å². The zero-order valence-electron chi connectivity index (χ0n) is 10.1. The Kier molecular flexibility index (Phi) is 3.91. The third kappa shape index (κ3) is 3.07. The number of carbonyl (C=O) groups excluding carboxylic acids is 1. The molecule has 0 unspecified atom stereocenters. The van der Waals surface area contributed by atoms with Gasteiger partial charge in [-0.05, 0) is 24.3 Å². The van der Waals surface area contributed by atoms with E-state index in [1.54, 1.807) is 25.5 Å². The van der Waals surface area contributed by atoms with E-state index in [-0.39, 0.29) is 12.5 Å². The molecular formula is C14H14N2O2. The average molecular weight is 242 g/mol. The van der Waals surface area contributed by atoms with Gasteiger partial charge < -0.3 is 9.64 Å². The maximum Gasteiger partial charge on any atom is 0.264 e. The van der Waals surface area contributed by atoms with Crippen molar-refractivity contribution in [3.63, 3.8) is 0 Å². The van der Waals surface area contributed by atoms with E-state index in [0.717, 1.165) is 5.69 Å². The number of benzene rings is 1. The van der Waals surface area contributed by atoms with Crippen LogP contribution in [0.1, 0.15) is 0 Å². The molecule has 0 atom stereocenters. The highest BCUT2D eigenvalue weighted by atomic mass is 16.5. The van der Waals surface area contributed by atoms with Gasteiger partial charge in [-0.1, -0.05) is 18.2 Å². The Bertz CT molecular complexity index is 500. The lowest BCUT2D eigenvalue weighted by atomic mass is 10.3. The van der Waals surface area contributed by atoms with Gasteiger partial charge in [-0.3, -0.25) is 9.78 Å². The van der Waals surface area contributed by atoms with E-state index in [1.807, 2.05) is 36.4 Å². The molecule has 0 bridgehead atoms. The van der Waals surface area contributed by atoms with E-state index < -0.39 is 0 Å². The van der Waals surface area contributed by atoms with Crippen LogP contribution >= 0.6 is 0 Å². The summed E-state index contributed by atoms with van der Waals surface area (Å²) < 4.78 is 5.40. The van der Waals surface area contributed by atoms with E-state index in [1.165, 1.54) is 4.90 Å². The molecule has 1 amide bonds. The largest absolute Gasteiger partial charge is 0.484 e. The lowest BCUT2D eigenvalue weighted by Gasteiger charge is -2.16. The van der Waals surface area contributed by atoms with E-state index in [4.69, 9.17) is 4.74 Å². The Balaban J connectivity index is 1.93. The quantitative estimate of drug-likeness (QED) is 0.824. The van der Waals surface area contributed by atoms with E-state index >= 15 is 0 Å². The summed E-state index contributed by atoms with van der Waals surface area (Å²) in [5, 5.41) is 0. The van der Waals surface area contributed by atoms with Crippen LogP contribution in [0.15, 0.2) is 54.9 Å². The van der Waals surface area contributed by atoms with Crippen LogP contribution in [0.25, 0.3) is 0 Å². The molecule has 1 heterocycles. The molecule has 4 heteroatoms. The number of ether oxygens (including phenoxy) is 1. The third-order valence-corrected chi connectivity index (χ3v) is 2.51. The van der Waals surface area contributed by atoms with E-state index in [9.17, 15) is 4.79 Å². The molecule has 0 fully saturated rings. The minimum absolute atomic E-state index is 0.00933. The van der Waals surface area contributed by atoms with Gasteiger partial charge in [0.15, 0.2) is 6.61 Å². The molecule has 2 rings (SSSR count). The molecule has 0 saturated carbocycles. The van der Waals surface area contributed by atoms with Gasteiger partial charge in [0.2, 0.25) is 0 Å². The number of amides is 1. The molecule has 1 aromatic heterocycles. The number of nitrogens with zero attached hydrogens (tertiary/aromatic N) is 2. The van der Waals surface area contributed by atoms with Gasteiger partial charge in [-0.2, -0.15) is 0 Å². The van der Waals surface area contributed by atoms with Crippen LogP contribution in [0.3, 0.4) is 0 Å². The van der Waals surface area contributed by atoms with Crippen LogP contribution in [0.4, 0.5) is 5.69 Å². The third-order valence-electron chi connectivity index (χ3n) is 2.51. The number of para-hydroxylation sites is 1. The van der Waals surface area contributed by atoms with Gasteiger partial charge in [-0.25, -0.2) is 0 Å². The number of hydrogen-bond donors (Lipinski definition) is 0. The number of anilines is 1. The Morgan fingerprint density at radius 3 is 2.67 bits per heavy atom. The Hall–Kier alpha value is -2.36. The van der Waals surface area contributed by atoms with Gasteiger partial charge in [0.05, 0.1) is 11.9 Å². The Labute approximate surface area is 106 Å². The van der Waals surface area contributed by atoms with Crippen molar-refractivity contribution in [3.8, 4) is 5.75 Å². The van der Waals surface area contributed by atoms with Crippen LogP contribution in [0.5, 0.6) is 5.75 Å². The maximum absolute atomic E-state index is 11.9. The second-order valence-corrected chi connectivity index (χ2v) is 3.77. The first kappa shape index (κ1) is 12.1. The van der Waals surface area contributed by atoms with Gasteiger partial charge >= 0.3 is 0 Å². The highest BCUT2D eigenvalue weighted by molar-refractivity contribution is 5.93. The fourth-order valence-corrected chi connectivity index (χ4v) is 1.45. The standard InChI is InChI=1S/C14H14N2O2/c1-16(12-6-5-9-15-10-12)14(17)11-18-13-7-3-2-4-8-13/h2-10H,11H2,1H3. The molecule has 92 valence electrons. The summed E-state index contributed by atoms with van der Waals surface area (Å²) in [7, 11) is 1.70. The minimum atomic E-state index is -0.119. The van der Waals surface area contributed by atoms with Gasteiger partial charge in [-0.15, -0.1) is 0 Å². The van der Waals surface area contributed by atoms with Crippen molar-refractivity contribution < 1.29 is 9.53 Å². The summed E-state index contributed by atoms with van der Waals surface area (Å²) in [6.45, 7) is 0.00933. The van der Waals surface area contributed by atoms with E-state index in [0.29, 0.717) is 5.75 Å². The molecule has 1 aromatic carbocycles. The van der Waals surface area contributed by atoms with Crippen LogP contribution in [-0.4, -0.2) is 24.5 Å². The normalized spacial score (nSPS) is 9.83. The van der Waals surface area contributed by atoms with Crippen molar-refractivity contribution in [1.29, 1.82) is 0 Å². The topological polar surface area (TPSA) is 42.4 Å². The number of pyridine rings is 1. The van der Waals surface area contributed by atoms with Crippen molar-refractivity contribution in [2.45, 2.75) is 0 Å². The summed E-state index contributed by atoms with van der Waals surface area (Å²) in [6, 6.07) is 12.9. The van der Waals surface area contributed by atoms with Crippen LogP contribution in [0, 0.1) is 0 Å². The maximum atomic E-state index is 11.9. The van der Waals surface area contributed by atoms with Crippen molar-refractivity contribution in [3.05, 3.63) is 54.9 Å². The van der Waals surface area contributed by atoms with Gasteiger partial charge in [0, 0.05) is 13.2 Å². The fraction of sp³-hybridized carbons (Fsp3) is 0.143. The molecule has 0 saturated heterocycles. The van der Waals surface area contributed by atoms with Gasteiger partial charge in [0.1, 0.15) is 5.75 Å². The fourth-order valence-electron chi connectivity index (χ4n) is 1.45. The predicted molar refractivity (Wildman–Crippen MR) is 69.6 cm³/mol. The van der Waals surface area contributed by atoms with Crippen molar-refractivity contribution >= 4 is 11.6 Å². The molecule has 0 aliphatic rings. The summed E-state index contributed by atoms with van der Waals surface area (Å²) in [5.41, 5.74) is 0.749. The molecule has 0 N–H and O–H groups in total. The predicted octanol–water partition coefficient (Wildman–Crippen LogP) is 2.12. The second-order valence-electron chi connectivity index (χ2n) is 3.77. The van der Waals surface area contributed by atoms with Crippen LogP contribution in [-0.2, 0) is 4.79 Å². The molecule has 0 spiro atoms. The Morgan fingerprint density at radius 1 is 1.22 bits per heavy atom. The zero-order valence-corrected chi connectivity index (χ0v) is 10.1. The van der Waals surface area contributed by atoms with Gasteiger partial charge in [0.25, 0.3) is 5.91 Å². The second kappa shape index (κ2) is 5.82. The highest BCUT2D eigenvalue weighted by Crippen LogP contribution is 2.11. The number of rotatable bonds is 4. The Morgan fingerprint density at radius 2 is 2.00 bits per heavy atom. The summed E-state index contributed by atoms with van der Waals surface area (Å²) in [4.78, 5) is 17.4. The lowest BCUT2D eigenvalue weighted by Crippen LogP contribution is -2.31. The summed E-state index contributed by atoms with van der Waals surface area (Å²) in [5.74, 6) is 0.567. The first-order chi connectivity index (χ1) is 8.77. The van der Waals surface area contributed by atoms with Crippen LogP contribution < -0.4 is 9.64 Å². The monoisotopic (exact) mass is 242 g/mol. The number of aromatic nitrogens is 1. The molecule has 4 nitrogen and oxygen atoms in total. The molecule has 0 aliphatic carbocycles. The molecular weight excluding hydrogens is 228 g/mol. The number of likely N-dealkylation sites (N-methyl/N-ethyl adjacent to an activating group) is 1. The molecule has 0 radical (unpaired) electrons. The SMILES string of the molecule is CN(C(=O)COc1ccccc1)c1cccnc1.